The van der Waals surface area contributed by atoms with Gasteiger partial charge in [-0.2, -0.15) is 5.26 Å². The van der Waals surface area contributed by atoms with Crippen LogP contribution in [-0.2, 0) is 29.5 Å². The molecular formula is C19H24N5O5S2+. The molecule has 0 aromatic carbocycles. The molecule has 0 bridgehead atoms. The van der Waals surface area contributed by atoms with Gasteiger partial charge in [0.25, 0.3) is 0 Å². The highest BCUT2D eigenvalue weighted by Crippen LogP contribution is 2.37. The molecule has 0 spiro atoms. The SMILES string of the molecule is C[n+]1[nH]oc(=O)c1SCCC(=O)Nc1sc2c(c1C#N)CCN(C(=O)OC(C)(C)C)C2. The topological polar surface area (TPSA) is 132 Å². The van der Waals surface area contributed by atoms with Gasteiger partial charge in [-0.15, -0.1) is 11.3 Å². The fourth-order valence-corrected chi connectivity index (χ4v) is 5.11. The highest BCUT2D eigenvalue weighted by atomic mass is 32.2. The van der Waals surface area contributed by atoms with Crippen LogP contribution in [0.5, 0.6) is 0 Å². The number of thiophene rings is 1. The molecule has 0 unspecified atom stereocenters. The average molecular weight is 467 g/mol. The lowest BCUT2D eigenvalue weighted by atomic mass is 10.0. The fourth-order valence-electron chi connectivity index (χ4n) is 3.01. The minimum Gasteiger partial charge on any atom is -0.444 e. The van der Waals surface area contributed by atoms with Crippen molar-refractivity contribution >= 4 is 40.1 Å². The van der Waals surface area contributed by atoms with Crippen LogP contribution in [0.1, 0.15) is 43.2 Å². The van der Waals surface area contributed by atoms with Gasteiger partial charge in [0.05, 0.1) is 12.1 Å². The van der Waals surface area contributed by atoms with Gasteiger partial charge in [0, 0.05) is 23.6 Å². The number of thioether (sulfide) groups is 1. The van der Waals surface area contributed by atoms with E-state index in [2.05, 4.69) is 21.2 Å². The Morgan fingerprint density at radius 3 is 2.81 bits per heavy atom. The van der Waals surface area contributed by atoms with Gasteiger partial charge in [-0.25, -0.2) is 9.59 Å². The molecule has 2 amide bonds. The van der Waals surface area contributed by atoms with Crippen molar-refractivity contribution in [2.24, 2.45) is 7.05 Å². The smallest absolute Gasteiger partial charge is 0.441 e. The Labute approximate surface area is 187 Å². The van der Waals surface area contributed by atoms with Crippen LogP contribution in [0.15, 0.2) is 14.3 Å². The molecule has 0 aliphatic carbocycles. The van der Waals surface area contributed by atoms with Gasteiger partial charge < -0.3 is 15.0 Å². The minimum atomic E-state index is -0.583. The molecule has 0 saturated heterocycles. The van der Waals surface area contributed by atoms with Gasteiger partial charge in [0.15, 0.2) is 7.05 Å². The minimum absolute atomic E-state index is 0.159. The van der Waals surface area contributed by atoms with Crippen molar-refractivity contribution in [3.05, 3.63) is 26.4 Å². The Bertz CT molecular complexity index is 1090. The Kier molecular flexibility index (Phi) is 6.76. The van der Waals surface area contributed by atoms with Crippen molar-refractivity contribution in [2.45, 2.75) is 50.8 Å². The summed E-state index contributed by atoms with van der Waals surface area (Å²) in [7, 11) is 1.64. The molecule has 2 aromatic heterocycles. The Balaban J connectivity index is 1.63. The number of fused-ring (bicyclic) bond motifs is 1. The lowest BCUT2D eigenvalue weighted by molar-refractivity contribution is -0.772. The summed E-state index contributed by atoms with van der Waals surface area (Å²) in [5, 5.41) is 15.7. The number of rotatable bonds is 5. The maximum Gasteiger partial charge on any atom is 0.441 e. The quantitative estimate of drug-likeness (QED) is 0.509. The lowest BCUT2D eigenvalue weighted by Gasteiger charge is -2.29. The van der Waals surface area contributed by atoms with Crippen molar-refractivity contribution in [3.63, 3.8) is 0 Å². The molecule has 0 atom stereocenters. The first kappa shape index (κ1) is 22.9. The van der Waals surface area contributed by atoms with E-state index >= 15 is 0 Å². The molecule has 1 aliphatic rings. The maximum absolute atomic E-state index is 12.4. The number of H-pyrrole nitrogens is 1. The van der Waals surface area contributed by atoms with Crippen LogP contribution < -0.4 is 15.6 Å². The van der Waals surface area contributed by atoms with E-state index in [1.165, 1.54) is 27.8 Å². The number of aromatic amines is 1. The van der Waals surface area contributed by atoms with Crippen molar-refractivity contribution in [2.75, 3.05) is 17.6 Å². The molecule has 12 heteroatoms. The van der Waals surface area contributed by atoms with E-state index in [0.717, 1.165) is 10.4 Å². The molecule has 0 fully saturated rings. The number of nitriles is 1. The van der Waals surface area contributed by atoms with E-state index in [0.29, 0.717) is 40.9 Å². The normalized spacial score (nSPS) is 13.5. The largest absolute Gasteiger partial charge is 0.444 e. The Morgan fingerprint density at radius 2 is 2.19 bits per heavy atom. The highest BCUT2D eigenvalue weighted by Gasteiger charge is 2.30. The molecule has 166 valence electrons. The summed E-state index contributed by atoms with van der Waals surface area (Å²) in [4.78, 5) is 38.8. The van der Waals surface area contributed by atoms with Crippen LogP contribution in [0.4, 0.5) is 9.80 Å². The van der Waals surface area contributed by atoms with Crippen LogP contribution in [-0.4, -0.2) is 40.1 Å². The zero-order valence-corrected chi connectivity index (χ0v) is 19.4. The van der Waals surface area contributed by atoms with Crippen molar-refractivity contribution < 1.29 is 23.5 Å². The molecule has 3 rings (SSSR count). The van der Waals surface area contributed by atoms with E-state index in [-0.39, 0.29) is 12.3 Å². The number of carbonyl (C=O) groups excluding carboxylic acids is 2. The zero-order chi connectivity index (χ0) is 22.8. The first-order valence-corrected chi connectivity index (χ1v) is 11.4. The molecule has 2 N–H and O–H groups in total. The number of hydrogen-bond donors (Lipinski definition) is 2. The van der Waals surface area contributed by atoms with Gasteiger partial charge in [-0.05, 0) is 49.8 Å². The number of carbonyl (C=O) groups is 2. The number of aryl methyl sites for hydroxylation is 1. The summed E-state index contributed by atoms with van der Waals surface area (Å²) in [5.41, 5.74) is 0.247. The third-order valence-corrected chi connectivity index (χ3v) is 6.65. The van der Waals surface area contributed by atoms with Gasteiger partial charge in [0.2, 0.25) is 5.91 Å². The third kappa shape index (κ3) is 5.48. The lowest BCUT2D eigenvalue weighted by Crippen LogP contribution is -2.39. The Hall–Kier alpha value is -2.78. The number of hydrogen-bond acceptors (Lipinski definition) is 8. The van der Waals surface area contributed by atoms with E-state index in [4.69, 9.17) is 4.74 Å². The second-order valence-electron chi connectivity index (χ2n) is 7.96. The number of nitrogens with zero attached hydrogens (tertiary/aromatic N) is 3. The van der Waals surface area contributed by atoms with Crippen LogP contribution >= 0.6 is 23.1 Å². The molecule has 2 aromatic rings. The maximum atomic E-state index is 12.4. The van der Waals surface area contributed by atoms with Gasteiger partial charge in [0.1, 0.15) is 16.7 Å². The average Bonchev–Trinajstić information content (AvgIpc) is 3.19. The summed E-state index contributed by atoms with van der Waals surface area (Å²) < 4.78 is 11.5. The van der Waals surface area contributed by atoms with Crippen molar-refractivity contribution in [1.82, 2.24) is 10.2 Å². The number of anilines is 1. The molecule has 3 heterocycles. The predicted octanol–water partition coefficient (Wildman–Crippen LogP) is 2.14. The molecule has 10 nitrogen and oxygen atoms in total. The number of ether oxygens (including phenoxy) is 1. The van der Waals surface area contributed by atoms with E-state index in [1.54, 1.807) is 11.9 Å². The molecule has 0 saturated carbocycles. The molecule has 0 radical (unpaired) electrons. The first-order valence-electron chi connectivity index (χ1n) is 9.61. The second-order valence-corrected chi connectivity index (χ2v) is 10.2. The molecule has 31 heavy (non-hydrogen) atoms. The summed E-state index contributed by atoms with van der Waals surface area (Å²) in [6, 6.07) is 2.18. The summed E-state index contributed by atoms with van der Waals surface area (Å²) in [5.74, 6) is 0.121. The Morgan fingerprint density at radius 1 is 1.45 bits per heavy atom. The standard InChI is InChI=1S/C19H23N5O5S2/c1-19(2,3)28-18(27)24-7-5-11-12(9-20)15(31-13(11)10-24)21-14(25)6-8-30-16-17(26)29-22-23(16)4/h5-8,10H2,1-4H3,(H-,21,22,25,26)/p+1. The summed E-state index contributed by atoms with van der Waals surface area (Å²) in [6.45, 7) is 6.23. The van der Waals surface area contributed by atoms with E-state index in [1.807, 2.05) is 20.8 Å². The van der Waals surface area contributed by atoms with Gasteiger partial charge >= 0.3 is 16.7 Å². The monoisotopic (exact) mass is 466 g/mol. The number of nitrogens with one attached hydrogen (secondary N) is 2. The highest BCUT2D eigenvalue weighted by molar-refractivity contribution is 7.99. The van der Waals surface area contributed by atoms with E-state index < -0.39 is 17.3 Å². The third-order valence-electron chi connectivity index (χ3n) is 4.40. The van der Waals surface area contributed by atoms with Crippen molar-refractivity contribution in [1.29, 1.82) is 5.26 Å². The summed E-state index contributed by atoms with van der Waals surface area (Å²) in [6.07, 6.45) is 0.293. The predicted molar refractivity (Wildman–Crippen MR) is 114 cm³/mol. The molecular weight excluding hydrogens is 442 g/mol. The van der Waals surface area contributed by atoms with Crippen molar-refractivity contribution in [3.8, 4) is 6.07 Å². The number of aromatic nitrogens is 2. The zero-order valence-electron chi connectivity index (χ0n) is 17.7. The van der Waals surface area contributed by atoms with Crippen LogP contribution in [0.2, 0.25) is 0 Å². The van der Waals surface area contributed by atoms with Crippen LogP contribution in [0.3, 0.4) is 0 Å². The molecule has 1 aliphatic heterocycles. The summed E-state index contributed by atoms with van der Waals surface area (Å²) >= 11 is 2.51. The second kappa shape index (κ2) is 9.15. The number of amides is 2. The van der Waals surface area contributed by atoms with Gasteiger partial charge in [-0.1, -0.05) is 4.68 Å². The first-order chi connectivity index (χ1) is 14.6. The fraction of sp³-hybridized carbons (Fsp3) is 0.526. The van der Waals surface area contributed by atoms with Crippen LogP contribution in [0, 0.1) is 11.3 Å². The van der Waals surface area contributed by atoms with E-state index in [9.17, 15) is 19.6 Å². The van der Waals surface area contributed by atoms with Crippen LogP contribution in [0.25, 0.3) is 0 Å². The van der Waals surface area contributed by atoms with Gasteiger partial charge in [-0.3, -0.25) is 9.32 Å².